The molecule has 0 radical (unpaired) electrons. The van der Waals surface area contributed by atoms with E-state index in [2.05, 4.69) is 4.98 Å². The molecule has 0 saturated heterocycles. The lowest BCUT2D eigenvalue weighted by Crippen LogP contribution is -2.12. The van der Waals surface area contributed by atoms with Gasteiger partial charge in [0, 0.05) is 18.3 Å². The fourth-order valence-electron chi connectivity index (χ4n) is 3.52. The first-order valence-electron chi connectivity index (χ1n) is 9.37. The molecule has 29 heavy (non-hydrogen) atoms. The Hall–Kier alpha value is -3.48. The molecule has 7 heteroatoms. The SMILES string of the molecule is CCCc1c(C(=O)C=O)c2c(OCC(=O)O)nc(C)cn2c1Cc1ccccc1. The summed E-state index contributed by atoms with van der Waals surface area (Å²) in [5.41, 5.74) is 3.86. The summed E-state index contributed by atoms with van der Waals surface area (Å²) in [4.78, 5) is 39.3. The molecule has 2 heterocycles. The Morgan fingerprint density at radius 2 is 1.97 bits per heavy atom. The number of carboxylic acids is 1. The number of rotatable bonds is 9. The number of carboxylic acid groups (broad SMARTS) is 1. The zero-order chi connectivity index (χ0) is 21.0. The predicted molar refractivity (Wildman–Crippen MR) is 107 cm³/mol. The number of carbonyl (C=O) groups excluding carboxylic acids is 2. The summed E-state index contributed by atoms with van der Waals surface area (Å²) in [6.45, 7) is 3.17. The van der Waals surface area contributed by atoms with E-state index in [0.29, 0.717) is 24.1 Å². The van der Waals surface area contributed by atoms with Crippen molar-refractivity contribution < 1.29 is 24.2 Å². The van der Waals surface area contributed by atoms with Gasteiger partial charge in [0.2, 0.25) is 11.7 Å². The van der Waals surface area contributed by atoms with Gasteiger partial charge < -0.3 is 14.2 Å². The van der Waals surface area contributed by atoms with E-state index in [1.54, 1.807) is 13.1 Å². The van der Waals surface area contributed by atoms with Gasteiger partial charge in [-0.2, -0.15) is 0 Å². The van der Waals surface area contributed by atoms with Crippen LogP contribution in [0.5, 0.6) is 5.88 Å². The number of hydrogen-bond acceptors (Lipinski definition) is 5. The normalized spacial score (nSPS) is 10.8. The molecule has 0 fully saturated rings. The second kappa shape index (κ2) is 8.68. The molecule has 1 N–H and O–H groups in total. The summed E-state index contributed by atoms with van der Waals surface area (Å²) in [5, 5.41) is 9.00. The maximum atomic E-state index is 12.6. The number of nitrogens with zero attached hydrogens (tertiary/aromatic N) is 2. The number of Topliss-reactive ketones (excluding diaryl/α,β-unsaturated/α-hetero) is 1. The van der Waals surface area contributed by atoms with Crippen LogP contribution in [0.3, 0.4) is 0 Å². The Morgan fingerprint density at radius 3 is 2.59 bits per heavy atom. The van der Waals surface area contributed by atoms with E-state index >= 15 is 0 Å². The maximum absolute atomic E-state index is 12.6. The molecule has 0 spiro atoms. The Morgan fingerprint density at radius 1 is 1.24 bits per heavy atom. The summed E-state index contributed by atoms with van der Waals surface area (Å²) < 4.78 is 7.21. The average molecular weight is 394 g/mol. The maximum Gasteiger partial charge on any atom is 0.341 e. The highest BCUT2D eigenvalue weighted by atomic mass is 16.5. The number of aliphatic carboxylic acids is 1. The molecule has 0 aliphatic heterocycles. The summed E-state index contributed by atoms with van der Waals surface area (Å²) >= 11 is 0. The molecule has 0 unspecified atom stereocenters. The van der Waals surface area contributed by atoms with Gasteiger partial charge in [0.1, 0.15) is 5.52 Å². The van der Waals surface area contributed by atoms with Crippen molar-refractivity contribution in [1.82, 2.24) is 9.38 Å². The number of aromatic nitrogens is 2. The van der Waals surface area contributed by atoms with Crippen molar-refractivity contribution in [1.29, 1.82) is 0 Å². The Kier molecular flexibility index (Phi) is 6.07. The van der Waals surface area contributed by atoms with E-state index in [1.807, 2.05) is 41.7 Å². The van der Waals surface area contributed by atoms with Gasteiger partial charge in [-0.3, -0.25) is 9.59 Å². The standard InChI is InChI=1S/C22H22N2O5/c1-3-7-16-17(10-15-8-5-4-6-9-15)24-11-14(2)23-22(29-13-19(27)28)21(24)20(16)18(26)12-25/h4-6,8-9,11-12H,3,7,10,13H2,1-2H3,(H,27,28). The number of benzene rings is 1. The molecule has 0 aliphatic carbocycles. The van der Waals surface area contributed by atoms with Crippen molar-refractivity contribution in [3.63, 3.8) is 0 Å². The molecule has 0 bridgehead atoms. The Bertz CT molecular complexity index is 1070. The van der Waals surface area contributed by atoms with Crippen LogP contribution in [0, 0.1) is 6.92 Å². The minimum Gasteiger partial charge on any atom is -0.479 e. The molecule has 0 amide bonds. The van der Waals surface area contributed by atoms with Crippen molar-refractivity contribution in [2.45, 2.75) is 33.1 Å². The lowest BCUT2D eigenvalue weighted by molar-refractivity contribution is -0.139. The summed E-state index contributed by atoms with van der Waals surface area (Å²) in [6, 6.07) is 9.80. The molecule has 2 aromatic heterocycles. The van der Waals surface area contributed by atoms with Gasteiger partial charge in [0.25, 0.3) is 0 Å². The second-order valence-corrected chi connectivity index (χ2v) is 6.78. The fourth-order valence-corrected chi connectivity index (χ4v) is 3.52. The third kappa shape index (κ3) is 4.18. The molecule has 0 atom stereocenters. The van der Waals surface area contributed by atoms with Gasteiger partial charge in [-0.25, -0.2) is 9.78 Å². The molecular formula is C22H22N2O5. The predicted octanol–water partition coefficient (Wildman–Crippen LogP) is 3.03. The highest BCUT2D eigenvalue weighted by molar-refractivity contribution is 6.36. The van der Waals surface area contributed by atoms with Gasteiger partial charge in [-0.1, -0.05) is 43.7 Å². The highest BCUT2D eigenvalue weighted by Gasteiger charge is 2.26. The Balaban J connectivity index is 2.32. The molecular weight excluding hydrogens is 372 g/mol. The van der Waals surface area contributed by atoms with E-state index < -0.39 is 18.4 Å². The van der Waals surface area contributed by atoms with Crippen LogP contribution in [0.1, 0.15) is 46.2 Å². The first kappa shape index (κ1) is 20.3. The van der Waals surface area contributed by atoms with Gasteiger partial charge in [0.15, 0.2) is 12.9 Å². The molecule has 0 saturated carbocycles. The molecule has 0 aliphatic rings. The van der Waals surface area contributed by atoms with Crippen molar-refractivity contribution in [2.75, 3.05) is 6.61 Å². The van der Waals surface area contributed by atoms with Crippen molar-refractivity contribution in [3.05, 3.63) is 64.6 Å². The van der Waals surface area contributed by atoms with Crippen molar-refractivity contribution in [2.24, 2.45) is 0 Å². The molecule has 3 aromatic rings. The van der Waals surface area contributed by atoms with Crippen LogP contribution < -0.4 is 4.74 Å². The van der Waals surface area contributed by atoms with Gasteiger partial charge in [0.05, 0.1) is 11.3 Å². The number of aldehydes is 1. The second-order valence-electron chi connectivity index (χ2n) is 6.78. The summed E-state index contributed by atoms with van der Waals surface area (Å²) in [7, 11) is 0. The van der Waals surface area contributed by atoms with Crippen LogP contribution in [0.15, 0.2) is 36.5 Å². The molecule has 3 rings (SSSR count). The summed E-state index contributed by atoms with van der Waals surface area (Å²) in [5.74, 6) is -1.79. The van der Waals surface area contributed by atoms with Gasteiger partial charge in [-0.15, -0.1) is 0 Å². The summed E-state index contributed by atoms with van der Waals surface area (Å²) in [6.07, 6.45) is 3.97. The van der Waals surface area contributed by atoms with Crippen LogP contribution in [0.2, 0.25) is 0 Å². The van der Waals surface area contributed by atoms with E-state index in [4.69, 9.17) is 9.84 Å². The number of hydrogen-bond donors (Lipinski definition) is 1. The largest absolute Gasteiger partial charge is 0.479 e. The third-order valence-corrected chi connectivity index (χ3v) is 4.62. The Labute approximate surface area is 168 Å². The number of ketones is 1. The lowest BCUT2D eigenvalue weighted by atomic mass is 9.98. The van der Waals surface area contributed by atoms with E-state index in [9.17, 15) is 14.4 Å². The highest BCUT2D eigenvalue weighted by Crippen LogP contribution is 2.32. The monoisotopic (exact) mass is 394 g/mol. The van der Waals surface area contributed by atoms with Crippen LogP contribution in [-0.4, -0.2) is 39.1 Å². The topological polar surface area (TPSA) is 98.0 Å². The van der Waals surface area contributed by atoms with Crippen LogP contribution >= 0.6 is 0 Å². The minimum atomic E-state index is -1.15. The number of aryl methyl sites for hydroxylation is 1. The molecule has 7 nitrogen and oxygen atoms in total. The zero-order valence-corrected chi connectivity index (χ0v) is 16.3. The quantitative estimate of drug-likeness (QED) is 0.340. The van der Waals surface area contributed by atoms with Gasteiger partial charge >= 0.3 is 5.97 Å². The molecule has 150 valence electrons. The number of carbonyl (C=O) groups is 3. The number of ether oxygens (including phenoxy) is 1. The lowest BCUT2D eigenvalue weighted by Gasteiger charge is -2.10. The average Bonchev–Trinajstić information content (AvgIpc) is 3.00. The first-order valence-corrected chi connectivity index (χ1v) is 9.37. The van der Waals surface area contributed by atoms with E-state index in [0.717, 1.165) is 23.2 Å². The van der Waals surface area contributed by atoms with E-state index in [1.165, 1.54) is 0 Å². The van der Waals surface area contributed by atoms with Gasteiger partial charge in [-0.05, 0) is 24.5 Å². The van der Waals surface area contributed by atoms with Crippen molar-refractivity contribution in [3.8, 4) is 5.88 Å². The smallest absolute Gasteiger partial charge is 0.341 e. The zero-order valence-electron chi connectivity index (χ0n) is 16.3. The molecule has 1 aromatic carbocycles. The van der Waals surface area contributed by atoms with Crippen LogP contribution in [0.25, 0.3) is 5.52 Å². The van der Waals surface area contributed by atoms with Crippen LogP contribution in [-0.2, 0) is 22.4 Å². The first-order chi connectivity index (χ1) is 14.0. The number of fused-ring (bicyclic) bond motifs is 1. The van der Waals surface area contributed by atoms with E-state index in [-0.39, 0.29) is 17.7 Å². The fraction of sp³-hybridized carbons (Fsp3) is 0.273. The third-order valence-electron chi connectivity index (χ3n) is 4.62. The minimum absolute atomic E-state index is 0.0364. The van der Waals surface area contributed by atoms with Crippen LogP contribution in [0.4, 0.5) is 0 Å². The van der Waals surface area contributed by atoms with Crippen molar-refractivity contribution >= 4 is 23.6 Å².